The van der Waals surface area contributed by atoms with Gasteiger partial charge < -0.3 is 10.6 Å². The number of alkyl halides is 3. The topological polar surface area (TPSA) is 85.8 Å². The van der Waals surface area contributed by atoms with E-state index in [-0.39, 0.29) is 17.8 Å². The molecule has 21 heavy (non-hydrogen) atoms. The van der Waals surface area contributed by atoms with E-state index in [0.29, 0.717) is 0 Å². The van der Waals surface area contributed by atoms with Gasteiger partial charge >= 0.3 is 6.18 Å². The SMILES string of the molecule is CC(C)N(CC(F)(F)F)c1nc(N)nc(-n2cccn2)n1. The van der Waals surface area contributed by atoms with Crippen LogP contribution in [0.15, 0.2) is 18.5 Å². The molecule has 0 radical (unpaired) electrons. The van der Waals surface area contributed by atoms with Crippen molar-refractivity contribution in [1.29, 1.82) is 0 Å². The Bertz CT molecular complexity index is 594. The van der Waals surface area contributed by atoms with Gasteiger partial charge in [-0.15, -0.1) is 0 Å². The first-order valence-electron chi connectivity index (χ1n) is 6.11. The molecule has 0 aliphatic carbocycles. The molecule has 2 rings (SSSR count). The maximum Gasteiger partial charge on any atom is 0.406 e. The van der Waals surface area contributed by atoms with Gasteiger partial charge in [0.25, 0.3) is 5.95 Å². The Hall–Kier alpha value is -2.39. The predicted octanol–water partition coefficient (Wildman–Crippen LogP) is 1.42. The Morgan fingerprint density at radius 2 is 2.00 bits per heavy atom. The Kier molecular flexibility index (Phi) is 3.96. The molecule has 2 aromatic rings. The van der Waals surface area contributed by atoms with Gasteiger partial charge in [-0.2, -0.15) is 33.2 Å². The summed E-state index contributed by atoms with van der Waals surface area (Å²) in [6, 6.07) is 1.18. The van der Waals surface area contributed by atoms with Crippen LogP contribution in [0.4, 0.5) is 25.1 Å². The van der Waals surface area contributed by atoms with Gasteiger partial charge in [-0.05, 0) is 19.9 Å². The van der Waals surface area contributed by atoms with Crippen molar-refractivity contribution in [3.05, 3.63) is 18.5 Å². The second-order valence-electron chi connectivity index (χ2n) is 4.58. The molecule has 7 nitrogen and oxygen atoms in total. The lowest BCUT2D eigenvalue weighted by Crippen LogP contribution is -2.40. The Morgan fingerprint density at radius 1 is 1.29 bits per heavy atom. The second kappa shape index (κ2) is 5.54. The van der Waals surface area contributed by atoms with Crippen molar-refractivity contribution < 1.29 is 13.2 Å². The largest absolute Gasteiger partial charge is 0.406 e. The first-order valence-corrected chi connectivity index (χ1v) is 6.11. The third-order valence-electron chi connectivity index (χ3n) is 2.57. The van der Waals surface area contributed by atoms with Crippen LogP contribution < -0.4 is 10.6 Å². The van der Waals surface area contributed by atoms with Crippen molar-refractivity contribution in [1.82, 2.24) is 24.7 Å². The molecule has 0 saturated heterocycles. The lowest BCUT2D eigenvalue weighted by Gasteiger charge is -2.27. The Balaban J connectivity index is 2.41. The minimum Gasteiger partial charge on any atom is -0.368 e. The smallest absolute Gasteiger partial charge is 0.368 e. The molecular formula is C11H14F3N7. The van der Waals surface area contributed by atoms with Gasteiger partial charge in [-0.3, -0.25) is 0 Å². The lowest BCUT2D eigenvalue weighted by molar-refractivity contribution is -0.120. The summed E-state index contributed by atoms with van der Waals surface area (Å²) in [6.45, 7) is 2.05. The van der Waals surface area contributed by atoms with Gasteiger partial charge in [0.2, 0.25) is 11.9 Å². The fourth-order valence-electron chi connectivity index (χ4n) is 1.66. The van der Waals surface area contributed by atoms with Crippen LogP contribution in [-0.4, -0.2) is 43.5 Å². The van der Waals surface area contributed by atoms with Gasteiger partial charge in [0.15, 0.2) is 0 Å². The van der Waals surface area contributed by atoms with Crippen LogP contribution >= 0.6 is 0 Å². The number of nitrogens with zero attached hydrogens (tertiary/aromatic N) is 6. The number of aromatic nitrogens is 5. The van der Waals surface area contributed by atoms with Crippen LogP contribution in [0, 0.1) is 0 Å². The highest BCUT2D eigenvalue weighted by Crippen LogP contribution is 2.22. The maximum absolute atomic E-state index is 12.7. The predicted molar refractivity (Wildman–Crippen MR) is 69.9 cm³/mol. The first-order chi connectivity index (χ1) is 9.76. The molecule has 0 bridgehead atoms. The summed E-state index contributed by atoms with van der Waals surface area (Å²) in [4.78, 5) is 12.7. The second-order valence-corrected chi connectivity index (χ2v) is 4.58. The zero-order valence-corrected chi connectivity index (χ0v) is 11.4. The number of anilines is 2. The van der Waals surface area contributed by atoms with E-state index in [2.05, 4.69) is 20.1 Å². The molecule has 0 aliphatic heterocycles. The Labute approximate surface area is 118 Å². The van der Waals surface area contributed by atoms with Crippen LogP contribution in [0.2, 0.25) is 0 Å². The number of hydrogen-bond acceptors (Lipinski definition) is 6. The number of nitrogens with two attached hydrogens (primary N) is 1. The molecule has 0 amide bonds. The molecule has 0 aromatic carbocycles. The summed E-state index contributed by atoms with van der Waals surface area (Å²) in [5.41, 5.74) is 5.56. The highest BCUT2D eigenvalue weighted by atomic mass is 19.4. The van der Waals surface area contributed by atoms with E-state index in [1.165, 1.54) is 10.9 Å². The van der Waals surface area contributed by atoms with Crippen LogP contribution in [0.5, 0.6) is 0 Å². The van der Waals surface area contributed by atoms with Gasteiger partial charge in [0.1, 0.15) is 6.54 Å². The van der Waals surface area contributed by atoms with Gasteiger partial charge in [-0.25, -0.2) is 4.68 Å². The standard InChI is InChI=1S/C11H14F3N7/c1-7(2)20(6-11(12,13)14)9-17-8(15)18-10(19-9)21-5-3-4-16-21/h3-5,7H,6H2,1-2H3,(H2,15,17,18,19). The first kappa shape index (κ1) is 15.0. The Morgan fingerprint density at radius 3 is 2.52 bits per heavy atom. The van der Waals surface area contributed by atoms with Crippen LogP contribution in [-0.2, 0) is 0 Å². The molecule has 2 heterocycles. The quantitative estimate of drug-likeness (QED) is 0.919. The highest BCUT2D eigenvalue weighted by molar-refractivity contribution is 5.38. The summed E-state index contributed by atoms with van der Waals surface area (Å²) in [5.74, 6) is -0.242. The molecule has 2 aromatic heterocycles. The molecule has 10 heteroatoms. The van der Waals surface area contributed by atoms with Crippen LogP contribution in [0.25, 0.3) is 5.95 Å². The monoisotopic (exact) mass is 301 g/mol. The van der Waals surface area contributed by atoms with Gasteiger partial charge in [0.05, 0.1) is 0 Å². The third kappa shape index (κ3) is 3.80. The molecule has 0 aliphatic rings. The van der Waals surface area contributed by atoms with Crippen LogP contribution in [0.3, 0.4) is 0 Å². The van der Waals surface area contributed by atoms with Crippen molar-refractivity contribution in [2.75, 3.05) is 17.2 Å². The zero-order chi connectivity index (χ0) is 15.6. The van der Waals surface area contributed by atoms with Crippen molar-refractivity contribution in [3.63, 3.8) is 0 Å². The van der Waals surface area contributed by atoms with E-state index in [0.717, 1.165) is 4.90 Å². The van der Waals surface area contributed by atoms with E-state index >= 15 is 0 Å². The molecule has 0 unspecified atom stereocenters. The fraction of sp³-hybridized carbons (Fsp3) is 0.455. The maximum atomic E-state index is 12.7. The average Bonchev–Trinajstić information content (AvgIpc) is 2.87. The third-order valence-corrected chi connectivity index (χ3v) is 2.57. The molecule has 0 saturated carbocycles. The minimum atomic E-state index is -4.38. The van der Waals surface area contributed by atoms with Crippen molar-refractivity contribution >= 4 is 11.9 Å². The highest BCUT2D eigenvalue weighted by Gasteiger charge is 2.33. The van der Waals surface area contributed by atoms with Gasteiger partial charge in [0, 0.05) is 18.4 Å². The summed E-state index contributed by atoms with van der Waals surface area (Å²) < 4.78 is 39.3. The molecular weight excluding hydrogens is 287 g/mol. The van der Waals surface area contributed by atoms with Crippen LogP contribution in [0.1, 0.15) is 13.8 Å². The number of rotatable bonds is 4. The zero-order valence-electron chi connectivity index (χ0n) is 11.4. The summed E-state index contributed by atoms with van der Waals surface area (Å²) in [5, 5.41) is 3.92. The average molecular weight is 301 g/mol. The molecule has 0 spiro atoms. The van der Waals surface area contributed by atoms with Crippen molar-refractivity contribution in [3.8, 4) is 5.95 Å². The minimum absolute atomic E-state index is 0.0651. The number of hydrogen-bond donors (Lipinski definition) is 1. The molecule has 114 valence electrons. The van der Waals surface area contributed by atoms with Crippen molar-refractivity contribution in [2.24, 2.45) is 0 Å². The molecule has 0 fully saturated rings. The summed E-state index contributed by atoms with van der Waals surface area (Å²) in [6.07, 6.45) is -1.32. The summed E-state index contributed by atoms with van der Waals surface area (Å²) in [7, 11) is 0. The van der Waals surface area contributed by atoms with E-state index in [1.807, 2.05) is 0 Å². The van der Waals surface area contributed by atoms with E-state index < -0.39 is 18.8 Å². The number of halogens is 3. The van der Waals surface area contributed by atoms with E-state index in [9.17, 15) is 13.2 Å². The normalized spacial score (nSPS) is 11.9. The fourth-order valence-corrected chi connectivity index (χ4v) is 1.66. The van der Waals surface area contributed by atoms with Gasteiger partial charge in [-0.1, -0.05) is 0 Å². The van der Waals surface area contributed by atoms with E-state index in [4.69, 9.17) is 5.73 Å². The molecule has 0 atom stereocenters. The molecule has 2 N–H and O–H groups in total. The van der Waals surface area contributed by atoms with E-state index in [1.54, 1.807) is 26.1 Å². The summed E-state index contributed by atoms with van der Waals surface area (Å²) >= 11 is 0. The number of nitrogen functional groups attached to an aromatic ring is 1. The van der Waals surface area contributed by atoms with Crippen molar-refractivity contribution in [2.45, 2.75) is 26.1 Å². The lowest BCUT2D eigenvalue weighted by atomic mass is 10.3.